The van der Waals surface area contributed by atoms with Gasteiger partial charge in [-0.05, 0) is 30.7 Å². The summed E-state index contributed by atoms with van der Waals surface area (Å²) < 4.78 is 25.0. The van der Waals surface area contributed by atoms with Gasteiger partial charge in [0.15, 0.2) is 0 Å². The number of aromatic nitrogens is 2. The zero-order chi connectivity index (χ0) is 16.1. The summed E-state index contributed by atoms with van der Waals surface area (Å²) in [5.41, 5.74) is 8.80. The highest BCUT2D eigenvalue weighted by molar-refractivity contribution is 7.89. The molecule has 6 nitrogen and oxygen atoms in total. The zero-order valence-electron chi connectivity index (χ0n) is 11.6. The molecule has 0 atom stereocenters. The van der Waals surface area contributed by atoms with Gasteiger partial charge in [-0.15, -0.1) is 0 Å². The van der Waals surface area contributed by atoms with Crippen molar-refractivity contribution in [2.24, 2.45) is 5.14 Å². The SMILES string of the molecule is Cc1ccccc1-n1c(N)nc2cc(Cl)c(S(N)(=O)=O)cc21. The number of sulfonamides is 1. The smallest absolute Gasteiger partial charge is 0.239 e. The fourth-order valence-corrected chi connectivity index (χ4v) is 3.47. The van der Waals surface area contributed by atoms with E-state index in [1.807, 2.05) is 31.2 Å². The molecule has 0 saturated heterocycles. The molecular formula is C14H13ClN4O2S. The molecule has 4 N–H and O–H groups in total. The van der Waals surface area contributed by atoms with E-state index in [-0.39, 0.29) is 15.9 Å². The average molecular weight is 337 g/mol. The van der Waals surface area contributed by atoms with Crippen molar-refractivity contribution < 1.29 is 8.42 Å². The Morgan fingerprint density at radius 1 is 1.23 bits per heavy atom. The maximum Gasteiger partial charge on any atom is 0.239 e. The number of para-hydroxylation sites is 1. The Kier molecular flexibility index (Phi) is 3.36. The number of primary sulfonamides is 1. The first-order valence-electron chi connectivity index (χ1n) is 6.35. The van der Waals surface area contributed by atoms with Crippen LogP contribution in [0, 0.1) is 6.92 Å². The summed E-state index contributed by atoms with van der Waals surface area (Å²) in [5.74, 6) is 0.243. The lowest BCUT2D eigenvalue weighted by Crippen LogP contribution is -2.13. The molecule has 0 saturated carbocycles. The fourth-order valence-electron chi connectivity index (χ4n) is 2.38. The van der Waals surface area contributed by atoms with Gasteiger partial charge < -0.3 is 5.73 Å². The number of hydrogen-bond acceptors (Lipinski definition) is 4. The van der Waals surface area contributed by atoms with Gasteiger partial charge in [0.25, 0.3) is 0 Å². The minimum atomic E-state index is -3.94. The Morgan fingerprint density at radius 2 is 1.91 bits per heavy atom. The van der Waals surface area contributed by atoms with Gasteiger partial charge >= 0.3 is 0 Å². The first-order chi connectivity index (χ1) is 10.3. The molecule has 1 aromatic heterocycles. The number of nitrogen functional groups attached to an aromatic ring is 1. The van der Waals surface area contributed by atoms with E-state index in [1.165, 1.54) is 12.1 Å². The lowest BCUT2D eigenvalue weighted by molar-refractivity contribution is 0.598. The Bertz CT molecular complexity index is 995. The molecule has 0 aliphatic rings. The number of nitrogens with two attached hydrogens (primary N) is 2. The van der Waals surface area contributed by atoms with E-state index in [9.17, 15) is 8.42 Å². The van der Waals surface area contributed by atoms with Gasteiger partial charge in [0.05, 0.1) is 21.7 Å². The summed E-state index contributed by atoms with van der Waals surface area (Å²) in [6, 6.07) is 10.4. The van der Waals surface area contributed by atoms with Crippen molar-refractivity contribution in [2.75, 3.05) is 5.73 Å². The van der Waals surface area contributed by atoms with Crippen LogP contribution in [-0.2, 0) is 10.0 Å². The van der Waals surface area contributed by atoms with Gasteiger partial charge in [-0.1, -0.05) is 29.8 Å². The quantitative estimate of drug-likeness (QED) is 0.748. The van der Waals surface area contributed by atoms with Crippen molar-refractivity contribution in [3.63, 3.8) is 0 Å². The molecule has 2 aromatic carbocycles. The monoisotopic (exact) mass is 336 g/mol. The van der Waals surface area contributed by atoms with Crippen LogP contribution in [-0.4, -0.2) is 18.0 Å². The third-order valence-electron chi connectivity index (χ3n) is 3.40. The van der Waals surface area contributed by atoms with Gasteiger partial charge in [-0.25, -0.2) is 18.5 Å². The highest BCUT2D eigenvalue weighted by Crippen LogP contribution is 2.31. The molecule has 0 fully saturated rings. The number of benzene rings is 2. The van der Waals surface area contributed by atoms with Crippen LogP contribution in [0.25, 0.3) is 16.7 Å². The second kappa shape index (κ2) is 4.98. The first-order valence-corrected chi connectivity index (χ1v) is 8.28. The molecule has 1 heterocycles. The molecular weight excluding hydrogens is 324 g/mol. The number of anilines is 1. The molecule has 0 unspecified atom stereocenters. The Labute approximate surface area is 132 Å². The van der Waals surface area contributed by atoms with Crippen LogP contribution in [0.5, 0.6) is 0 Å². The van der Waals surface area contributed by atoms with E-state index in [0.717, 1.165) is 11.3 Å². The maximum absolute atomic E-state index is 11.7. The van der Waals surface area contributed by atoms with E-state index in [2.05, 4.69) is 4.98 Å². The zero-order valence-corrected chi connectivity index (χ0v) is 13.2. The molecule has 3 aromatic rings. The molecule has 0 amide bonds. The van der Waals surface area contributed by atoms with Crippen LogP contribution < -0.4 is 10.9 Å². The van der Waals surface area contributed by atoms with Crippen molar-refractivity contribution in [1.29, 1.82) is 0 Å². The van der Waals surface area contributed by atoms with Gasteiger partial charge in [-0.3, -0.25) is 4.57 Å². The molecule has 0 radical (unpaired) electrons. The molecule has 0 aliphatic heterocycles. The Morgan fingerprint density at radius 3 is 2.55 bits per heavy atom. The molecule has 0 bridgehead atoms. The standard InChI is InChI=1S/C14H13ClN4O2S/c1-8-4-2-3-5-11(8)19-12-7-13(22(17,20)21)9(15)6-10(12)18-14(19)16/h2-7H,1H3,(H2,16,18)(H2,17,20,21). The topological polar surface area (TPSA) is 104 Å². The average Bonchev–Trinajstić information content (AvgIpc) is 2.72. The third-order valence-corrected chi connectivity index (χ3v) is 4.77. The molecule has 22 heavy (non-hydrogen) atoms. The molecule has 114 valence electrons. The van der Waals surface area contributed by atoms with E-state index >= 15 is 0 Å². The minimum absolute atomic E-state index is 0.0180. The molecule has 3 rings (SSSR count). The first kappa shape index (κ1) is 14.8. The third kappa shape index (κ3) is 2.33. The normalized spacial score (nSPS) is 12.0. The number of halogens is 1. The Hall–Kier alpha value is -2.09. The maximum atomic E-state index is 11.7. The van der Waals surface area contributed by atoms with Crippen LogP contribution >= 0.6 is 11.6 Å². The highest BCUT2D eigenvalue weighted by Gasteiger charge is 2.19. The van der Waals surface area contributed by atoms with Gasteiger partial charge in [0.2, 0.25) is 16.0 Å². The fraction of sp³-hybridized carbons (Fsp3) is 0.0714. The van der Waals surface area contributed by atoms with E-state index in [1.54, 1.807) is 4.57 Å². The lowest BCUT2D eigenvalue weighted by Gasteiger charge is -2.10. The van der Waals surface area contributed by atoms with E-state index in [0.29, 0.717) is 11.0 Å². The second-order valence-corrected chi connectivity index (χ2v) is 6.85. The lowest BCUT2D eigenvalue weighted by atomic mass is 10.2. The summed E-state index contributed by atoms with van der Waals surface area (Å²) >= 11 is 5.98. The van der Waals surface area contributed by atoms with Crippen LogP contribution in [0.1, 0.15) is 5.56 Å². The summed E-state index contributed by atoms with van der Waals surface area (Å²) in [6.07, 6.45) is 0. The van der Waals surface area contributed by atoms with Crippen LogP contribution in [0.15, 0.2) is 41.3 Å². The number of hydrogen-bond donors (Lipinski definition) is 2. The highest BCUT2D eigenvalue weighted by atomic mass is 35.5. The van der Waals surface area contributed by atoms with Crippen molar-refractivity contribution in [3.8, 4) is 5.69 Å². The summed E-state index contributed by atoms with van der Waals surface area (Å²) in [7, 11) is -3.94. The van der Waals surface area contributed by atoms with E-state index in [4.69, 9.17) is 22.5 Å². The van der Waals surface area contributed by atoms with E-state index < -0.39 is 10.0 Å². The molecule has 8 heteroatoms. The minimum Gasteiger partial charge on any atom is -0.369 e. The number of imidazole rings is 1. The molecule has 0 spiro atoms. The van der Waals surface area contributed by atoms with Crippen molar-refractivity contribution >= 4 is 38.6 Å². The van der Waals surface area contributed by atoms with Gasteiger partial charge in [0, 0.05) is 0 Å². The van der Waals surface area contributed by atoms with Crippen LogP contribution in [0.4, 0.5) is 5.95 Å². The van der Waals surface area contributed by atoms with Gasteiger partial charge in [0.1, 0.15) is 4.90 Å². The summed E-state index contributed by atoms with van der Waals surface area (Å²) in [5, 5.41) is 5.22. The van der Waals surface area contributed by atoms with Gasteiger partial charge in [-0.2, -0.15) is 0 Å². The predicted molar refractivity (Wildman–Crippen MR) is 86.6 cm³/mol. The number of aryl methyl sites for hydroxylation is 1. The number of rotatable bonds is 2. The van der Waals surface area contributed by atoms with Crippen molar-refractivity contribution in [1.82, 2.24) is 9.55 Å². The summed E-state index contributed by atoms with van der Waals surface area (Å²) in [6.45, 7) is 1.93. The van der Waals surface area contributed by atoms with Crippen molar-refractivity contribution in [2.45, 2.75) is 11.8 Å². The predicted octanol–water partition coefficient (Wildman–Crippen LogP) is 2.22. The number of nitrogens with zero attached hydrogens (tertiary/aromatic N) is 2. The summed E-state index contributed by atoms with van der Waals surface area (Å²) in [4.78, 5) is 4.08. The molecule has 0 aliphatic carbocycles. The largest absolute Gasteiger partial charge is 0.369 e. The number of fused-ring (bicyclic) bond motifs is 1. The van der Waals surface area contributed by atoms with Crippen LogP contribution in [0.2, 0.25) is 5.02 Å². The van der Waals surface area contributed by atoms with Crippen LogP contribution in [0.3, 0.4) is 0 Å². The Balaban J connectivity index is 2.42. The van der Waals surface area contributed by atoms with Crippen molar-refractivity contribution in [3.05, 3.63) is 47.0 Å². The second-order valence-electron chi connectivity index (χ2n) is 4.91.